The number of anilines is 4. The van der Waals surface area contributed by atoms with Gasteiger partial charge in [0, 0.05) is 131 Å². The summed E-state index contributed by atoms with van der Waals surface area (Å²) in [7, 11) is -3.78. The number of piperazine rings is 2. The van der Waals surface area contributed by atoms with Gasteiger partial charge in [-0.25, -0.2) is 13.2 Å². The molecule has 0 unspecified atom stereocenters. The van der Waals surface area contributed by atoms with Crippen molar-refractivity contribution in [3.05, 3.63) is 232 Å². The Morgan fingerprint density at radius 3 is 1.48 bits per heavy atom. The third-order valence-electron chi connectivity index (χ3n) is 13.8. The molecule has 440 valence electrons. The van der Waals surface area contributed by atoms with E-state index in [9.17, 15) is 37.2 Å². The molecule has 1 aliphatic carbocycles. The number of aromatic amines is 2. The van der Waals surface area contributed by atoms with Gasteiger partial charge in [-0.05, 0) is 169 Å². The van der Waals surface area contributed by atoms with Gasteiger partial charge in [-0.1, -0.05) is 24.3 Å². The molecule has 21 nitrogen and oxygen atoms in total. The van der Waals surface area contributed by atoms with Crippen molar-refractivity contribution in [2.24, 2.45) is 0 Å². The highest BCUT2D eigenvalue weighted by molar-refractivity contribution is 7.89. The molecule has 5 aromatic heterocycles. The van der Waals surface area contributed by atoms with Crippen molar-refractivity contribution >= 4 is 62.0 Å². The van der Waals surface area contributed by atoms with Gasteiger partial charge in [0.1, 0.15) is 16.7 Å². The van der Waals surface area contributed by atoms with Crippen molar-refractivity contribution in [1.29, 1.82) is 0 Å². The molecular weight excluding hydrogens is 1110 g/mol. The molecule has 7 heterocycles. The number of benzene rings is 3. The van der Waals surface area contributed by atoms with Crippen molar-refractivity contribution in [3.8, 4) is 22.3 Å². The second-order valence-corrected chi connectivity index (χ2v) is 22.6. The molecule has 22 heteroatoms. The van der Waals surface area contributed by atoms with Crippen LogP contribution in [0.3, 0.4) is 0 Å². The number of allylic oxidation sites excluding steroid dienone is 4. The quantitative estimate of drug-likeness (QED) is 0.0674. The first-order chi connectivity index (χ1) is 41.5. The lowest BCUT2D eigenvalue weighted by molar-refractivity contribution is -0.115. The van der Waals surface area contributed by atoms with Crippen molar-refractivity contribution < 1.29 is 32.3 Å². The maximum Gasteiger partial charge on any atom is 0.410 e. The van der Waals surface area contributed by atoms with E-state index in [0.717, 1.165) is 70.9 Å². The fourth-order valence-electron chi connectivity index (χ4n) is 9.27. The van der Waals surface area contributed by atoms with Gasteiger partial charge >= 0.3 is 6.09 Å². The number of nitrogens with one attached hydrogen (secondary N) is 6. The number of aromatic nitrogens is 5. The summed E-state index contributed by atoms with van der Waals surface area (Å²) in [4.78, 5) is 97.7. The highest BCUT2D eigenvalue weighted by Gasteiger charge is 2.27. The molecule has 0 bridgehead atoms. The van der Waals surface area contributed by atoms with Crippen molar-refractivity contribution in [3.63, 3.8) is 0 Å². The molecule has 2 aliphatic heterocycles. The minimum Gasteiger partial charge on any atom is -0.444 e. The molecule has 8 aromatic rings. The molecule has 11 rings (SSSR count). The topological polar surface area (TPSA) is 274 Å². The predicted octanol–water partition coefficient (Wildman–Crippen LogP) is 8.15. The van der Waals surface area contributed by atoms with Gasteiger partial charge in [0.15, 0.2) is 5.78 Å². The predicted molar refractivity (Wildman–Crippen MR) is 331 cm³/mol. The van der Waals surface area contributed by atoms with E-state index in [1.165, 1.54) is 12.1 Å². The fourth-order valence-corrected chi connectivity index (χ4v) is 10.4. The Balaban J connectivity index is 0.000000158. The van der Waals surface area contributed by atoms with E-state index in [2.05, 4.69) is 55.4 Å². The van der Waals surface area contributed by atoms with E-state index < -0.39 is 38.6 Å². The van der Waals surface area contributed by atoms with Crippen LogP contribution < -0.4 is 41.6 Å². The van der Waals surface area contributed by atoms with Gasteiger partial charge < -0.3 is 45.4 Å². The third-order valence-corrected chi connectivity index (χ3v) is 15.2. The van der Waals surface area contributed by atoms with E-state index in [1.54, 1.807) is 133 Å². The zero-order valence-electron chi connectivity index (χ0n) is 47.5. The van der Waals surface area contributed by atoms with E-state index in [0.29, 0.717) is 37.6 Å². The second kappa shape index (κ2) is 27.8. The number of H-pyrrole nitrogens is 2. The zero-order chi connectivity index (χ0) is 60.6. The van der Waals surface area contributed by atoms with Gasteiger partial charge in [-0.15, -0.1) is 0 Å². The van der Waals surface area contributed by atoms with E-state index >= 15 is 0 Å². The summed E-state index contributed by atoms with van der Waals surface area (Å²) in [6, 6.07) is 37.1. The molecule has 3 aliphatic rings. The summed E-state index contributed by atoms with van der Waals surface area (Å²) in [6.45, 7) is 11.9. The minimum atomic E-state index is -3.78. The molecule has 2 fully saturated rings. The van der Waals surface area contributed by atoms with Crippen LogP contribution in [0.25, 0.3) is 27.8 Å². The Bertz CT molecular complexity index is 3960. The number of ether oxygens (including phenoxy) is 1. The first-order valence-electron chi connectivity index (χ1n) is 27.7. The van der Waals surface area contributed by atoms with Crippen LogP contribution in [0.2, 0.25) is 0 Å². The fraction of sp³-hybridized carbons (Fsp3) is 0.203. The van der Waals surface area contributed by atoms with Crippen LogP contribution in [0.5, 0.6) is 0 Å². The number of carbonyl (C=O) groups excluding carboxylic acids is 4. The van der Waals surface area contributed by atoms with Crippen LogP contribution in [0, 0.1) is 0 Å². The van der Waals surface area contributed by atoms with E-state index in [1.807, 2.05) is 69.3 Å². The third kappa shape index (κ3) is 16.3. The van der Waals surface area contributed by atoms with E-state index in [4.69, 9.17) is 4.74 Å². The number of ketones is 1. The molecule has 6 N–H and O–H groups in total. The number of rotatable bonds is 12. The molecule has 86 heavy (non-hydrogen) atoms. The Hall–Kier alpha value is -10.3. The molecule has 0 spiro atoms. The Morgan fingerprint density at radius 2 is 1.01 bits per heavy atom. The molecule has 0 radical (unpaired) electrons. The van der Waals surface area contributed by atoms with Crippen LogP contribution in [-0.2, 0) is 19.6 Å². The molecule has 3 aromatic carbocycles. The van der Waals surface area contributed by atoms with Crippen molar-refractivity contribution in [2.75, 3.05) is 72.8 Å². The summed E-state index contributed by atoms with van der Waals surface area (Å²) in [5.41, 5.74) is 6.99. The summed E-state index contributed by atoms with van der Waals surface area (Å²) in [5, 5.41) is 8.93. The smallest absolute Gasteiger partial charge is 0.410 e. The molecule has 0 saturated carbocycles. The highest BCUT2D eigenvalue weighted by atomic mass is 32.2. The SMILES string of the molecule is CC(C)(C)OC(=O)N1CCN(c2ccc(NC(=O)c3cc(-c4ccncc4)c[nH]c3=O)cc2)CC1.O=C(Nc1ccc(N2CCNCC2)cc1)c1cc(-c2ccncc2)c[nH]c1=O.O=C1CC=C(c2ccncc2)C=C1NS(=O)(=O)c1ccccc1. The average molecular weight is 1180 g/mol. The number of Topliss-reactive ketones (excluding diaryl/α,β-unsaturated/α-hetero) is 1. The van der Waals surface area contributed by atoms with E-state index in [-0.39, 0.29) is 40.0 Å². The van der Waals surface area contributed by atoms with Gasteiger partial charge in [-0.2, -0.15) is 0 Å². The van der Waals surface area contributed by atoms with Gasteiger partial charge in [0.25, 0.3) is 33.0 Å². The van der Waals surface area contributed by atoms with Crippen LogP contribution in [-0.4, -0.2) is 120 Å². The molecule has 3 amide bonds. The van der Waals surface area contributed by atoms with Gasteiger partial charge in [-0.3, -0.25) is 43.6 Å². The van der Waals surface area contributed by atoms with Crippen LogP contribution >= 0.6 is 0 Å². The molecular formula is C64H64N12O9S. The van der Waals surface area contributed by atoms with Crippen LogP contribution in [0.15, 0.2) is 209 Å². The Kier molecular flexibility index (Phi) is 19.5. The maximum atomic E-state index is 12.8. The first-order valence-corrected chi connectivity index (χ1v) is 29.2. The Morgan fingerprint density at radius 1 is 0.558 bits per heavy atom. The first kappa shape index (κ1) is 60.3. The number of hydrogen-bond donors (Lipinski definition) is 6. The number of carbonyl (C=O) groups is 4. The number of hydrogen-bond acceptors (Lipinski definition) is 15. The maximum absolute atomic E-state index is 12.8. The monoisotopic (exact) mass is 1180 g/mol. The summed E-state index contributed by atoms with van der Waals surface area (Å²) < 4.78 is 32.5. The second-order valence-electron chi connectivity index (χ2n) is 20.9. The lowest BCUT2D eigenvalue weighted by Gasteiger charge is -2.36. The summed E-state index contributed by atoms with van der Waals surface area (Å²) in [5.74, 6) is -1.18. The normalized spacial score (nSPS) is 14.2. The average Bonchev–Trinajstić information content (AvgIpc) is 2.88. The number of sulfonamides is 1. The van der Waals surface area contributed by atoms with Crippen LogP contribution in [0.1, 0.15) is 53.5 Å². The van der Waals surface area contributed by atoms with Crippen molar-refractivity contribution in [1.82, 2.24) is 39.9 Å². The highest BCUT2D eigenvalue weighted by Crippen LogP contribution is 2.26. The number of pyridine rings is 5. The minimum absolute atomic E-state index is 0.0293. The number of amides is 3. The molecule has 2 saturated heterocycles. The van der Waals surface area contributed by atoms with Crippen LogP contribution in [0.4, 0.5) is 27.5 Å². The zero-order valence-corrected chi connectivity index (χ0v) is 48.3. The Labute approximate surface area is 497 Å². The van der Waals surface area contributed by atoms with Gasteiger partial charge in [0.05, 0.1) is 10.6 Å². The van der Waals surface area contributed by atoms with Gasteiger partial charge in [0.2, 0.25) is 0 Å². The molecule has 0 atom stereocenters. The van der Waals surface area contributed by atoms with Crippen molar-refractivity contribution in [2.45, 2.75) is 37.7 Å². The lowest BCUT2D eigenvalue weighted by atomic mass is 9.98. The summed E-state index contributed by atoms with van der Waals surface area (Å²) in [6.07, 6.45) is 16.3. The lowest BCUT2D eigenvalue weighted by Crippen LogP contribution is -2.50. The largest absolute Gasteiger partial charge is 0.444 e. The summed E-state index contributed by atoms with van der Waals surface area (Å²) >= 11 is 0. The standard InChI is InChI=1S/C26H29N5O4.C21H21N5O2.C17H14N2O3S/c1-26(2,3)35-25(34)31-14-12-30(13-15-31)21-6-4-20(5-7-21)29-24(33)22-16-19(17-28-23(22)32)18-8-10-27-11-9-18;27-20-19(13-16(14-24-20)15-5-7-22-8-6-15)21(28)25-17-1-3-18(4-2-17)26-11-9-23-10-12-26;20-17-7-6-14(13-8-10-18-11-9-13)12-16(17)19-23(21,22)15-4-2-1-3-5-15/h4-11,16-17H,12-15H2,1-3H3,(H,28,32)(H,29,33);1-8,13-14,23H,9-12H2,(H,24,27)(H,25,28);1-6,8-12,19H,7H2. The number of nitrogens with zero attached hydrogens (tertiary/aromatic N) is 6.